The summed E-state index contributed by atoms with van der Waals surface area (Å²) in [5.41, 5.74) is 2.01. The van der Waals surface area contributed by atoms with Gasteiger partial charge in [0.05, 0.1) is 11.1 Å². The molecule has 0 aliphatic rings. The minimum Gasteiger partial charge on any atom is -0.350 e. The molecule has 4 aromatic rings. The number of aromatic nitrogens is 3. The van der Waals surface area contributed by atoms with Crippen molar-refractivity contribution >= 4 is 22.2 Å². The van der Waals surface area contributed by atoms with Crippen LogP contribution in [0.25, 0.3) is 32.5 Å². The van der Waals surface area contributed by atoms with E-state index in [2.05, 4.69) is 10.2 Å². The predicted molar refractivity (Wildman–Crippen MR) is 92.9 cm³/mol. The summed E-state index contributed by atoms with van der Waals surface area (Å²) in [4.78, 5) is 25.7. The molecule has 0 spiro atoms. The predicted octanol–water partition coefficient (Wildman–Crippen LogP) is 2.95. The second-order valence-electron chi connectivity index (χ2n) is 5.31. The van der Waals surface area contributed by atoms with Crippen molar-refractivity contribution in [2.45, 2.75) is 0 Å². The van der Waals surface area contributed by atoms with Gasteiger partial charge in [0.25, 0.3) is 11.1 Å². The molecule has 0 radical (unpaired) electrons. The van der Waals surface area contributed by atoms with Crippen LogP contribution in [-0.4, -0.2) is 14.8 Å². The number of aromatic amines is 2. The number of fused-ring (bicyclic) bond motifs is 1. The normalized spacial score (nSPS) is 11.2. The van der Waals surface area contributed by atoms with E-state index in [9.17, 15) is 9.59 Å². The Morgan fingerprint density at radius 3 is 2.43 bits per heavy atom. The number of nitrogens with zero attached hydrogens (tertiary/aromatic N) is 1. The molecule has 0 saturated heterocycles. The molecule has 0 saturated carbocycles. The quantitative estimate of drug-likeness (QED) is 0.595. The summed E-state index contributed by atoms with van der Waals surface area (Å²) in [5.74, 6) is 0. The Balaban J connectivity index is 2.16. The molecule has 1 aromatic carbocycles. The number of hydrogen-bond acceptors (Lipinski definition) is 3. The van der Waals surface area contributed by atoms with Gasteiger partial charge < -0.3 is 4.57 Å². The molecule has 0 fully saturated rings. The van der Waals surface area contributed by atoms with E-state index in [1.807, 2.05) is 59.6 Å². The highest BCUT2D eigenvalue weighted by molar-refractivity contribution is 7.13. The van der Waals surface area contributed by atoms with Crippen LogP contribution in [0.15, 0.2) is 57.6 Å². The summed E-state index contributed by atoms with van der Waals surface area (Å²) in [7, 11) is 1.93. The molecule has 6 heteroatoms. The third kappa shape index (κ3) is 2.07. The van der Waals surface area contributed by atoms with Crippen molar-refractivity contribution in [3.8, 4) is 21.6 Å². The first-order chi connectivity index (χ1) is 11.2. The van der Waals surface area contributed by atoms with E-state index in [1.165, 1.54) is 11.3 Å². The van der Waals surface area contributed by atoms with Crippen LogP contribution in [0.2, 0.25) is 0 Å². The minimum atomic E-state index is -0.302. The van der Waals surface area contributed by atoms with Crippen molar-refractivity contribution in [1.82, 2.24) is 14.8 Å². The minimum absolute atomic E-state index is 0.296. The van der Waals surface area contributed by atoms with E-state index in [4.69, 9.17) is 0 Å². The van der Waals surface area contributed by atoms with Crippen LogP contribution >= 0.6 is 11.3 Å². The molecule has 4 rings (SSSR count). The molecule has 3 aromatic heterocycles. The lowest BCUT2D eigenvalue weighted by atomic mass is 10.0. The highest BCUT2D eigenvalue weighted by Crippen LogP contribution is 2.34. The van der Waals surface area contributed by atoms with Gasteiger partial charge in [-0.15, -0.1) is 11.3 Å². The van der Waals surface area contributed by atoms with Crippen molar-refractivity contribution in [3.63, 3.8) is 0 Å². The lowest BCUT2D eigenvalue weighted by molar-refractivity contribution is 0.953. The fourth-order valence-electron chi connectivity index (χ4n) is 2.92. The highest BCUT2D eigenvalue weighted by atomic mass is 32.1. The third-order valence-electron chi connectivity index (χ3n) is 3.93. The maximum absolute atomic E-state index is 12.5. The molecule has 114 valence electrons. The van der Waals surface area contributed by atoms with Crippen LogP contribution < -0.4 is 11.1 Å². The summed E-state index contributed by atoms with van der Waals surface area (Å²) < 4.78 is 1.96. The maximum Gasteiger partial charge on any atom is 0.271 e. The second-order valence-corrected chi connectivity index (χ2v) is 6.25. The Labute approximate surface area is 134 Å². The fraction of sp³-hybridized carbons (Fsp3) is 0.0588. The standard InChI is InChI=1S/C17H13N3O2S/c1-20-9-11(10-5-2-3-6-12(10)20)14-15(13-7-4-8-23-13)17(22)19-18-16(14)21/h2-9H,1H3,(H,18,21)(H,19,22). The number of benzene rings is 1. The topological polar surface area (TPSA) is 70.7 Å². The van der Waals surface area contributed by atoms with Gasteiger partial charge in [-0.1, -0.05) is 24.3 Å². The number of hydrogen-bond donors (Lipinski definition) is 2. The Hall–Kier alpha value is -2.86. The summed E-state index contributed by atoms with van der Waals surface area (Å²) >= 11 is 1.44. The average Bonchev–Trinajstić information content (AvgIpc) is 3.18. The summed E-state index contributed by atoms with van der Waals surface area (Å²) in [6.45, 7) is 0. The molecule has 2 N–H and O–H groups in total. The average molecular weight is 323 g/mol. The fourth-order valence-corrected chi connectivity index (χ4v) is 3.69. The van der Waals surface area contributed by atoms with Gasteiger partial charge in [-0.05, 0) is 17.5 Å². The molecule has 0 amide bonds. The molecule has 5 nitrogen and oxygen atoms in total. The zero-order valence-electron chi connectivity index (χ0n) is 12.3. The van der Waals surface area contributed by atoms with E-state index in [0.29, 0.717) is 11.1 Å². The number of nitrogens with one attached hydrogen (secondary N) is 2. The zero-order valence-corrected chi connectivity index (χ0v) is 13.1. The van der Waals surface area contributed by atoms with Crippen molar-refractivity contribution < 1.29 is 0 Å². The number of thiophene rings is 1. The molecule has 0 aliphatic heterocycles. The molecule has 3 heterocycles. The molecule has 0 aliphatic carbocycles. The van der Waals surface area contributed by atoms with Gasteiger partial charge in [-0.3, -0.25) is 19.8 Å². The molecular weight excluding hydrogens is 310 g/mol. The number of para-hydroxylation sites is 1. The smallest absolute Gasteiger partial charge is 0.271 e. The van der Waals surface area contributed by atoms with E-state index in [1.54, 1.807) is 0 Å². The second kappa shape index (κ2) is 5.10. The van der Waals surface area contributed by atoms with Crippen molar-refractivity contribution in [2.75, 3.05) is 0 Å². The number of H-pyrrole nitrogens is 2. The molecular formula is C17H13N3O2S. The molecule has 0 bridgehead atoms. The lowest BCUT2D eigenvalue weighted by Gasteiger charge is -2.05. The van der Waals surface area contributed by atoms with Crippen LogP contribution in [0.1, 0.15) is 0 Å². The van der Waals surface area contributed by atoms with Gasteiger partial charge in [0.1, 0.15) is 0 Å². The van der Waals surface area contributed by atoms with Gasteiger partial charge in [0.15, 0.2) is 0 Å². The van der Waals surface area contributed by atoms with Crippen LogP contribution in [0, 0.1) is 0 Å². The molecule has 23 heavy (non-hydrogen) atoms. The SMILES string of the molecule is Cn1cc(-c2c(-c3cccs3)c(=O)[nH][nH]c2=O)c2ccccc21. The zero-order chi connectivity index (χ0) is 16.0. The molecule has 0 atom stereocenters. The van der Waals surface area contributed by atoms with Gasteiger partial charge >= 0.3 is 0 Å². The van der Waals surface area contributed by atoms with Crippen molar-refractivity contribution in [2.24, 2.45) is 7.05 Å². The first-order valence-electron chi connectivity index (χ1n) is 7.10. The van der Waals surface area contributed by atoms with Gasteiger partial charge in [0, 0.05) is 34.6 Å². The lowest BCUT2D eigenvalue weighted by Crippen LogP contribution is -2.22. The van der Waals surface area contributed by atoms with Crippen molar-refractivity contribution in [1.29, 1.82) is 0 Å². The Morgan fingerprint density at radius 2 is 1.70 bits per heavy atom. The Bertz CT molecular complexity index is 1120. The summed E-state index contributed by atoms with van der Waals surface area (Å²) in [6, 6.07) is 11.6. The molecule has 0 unspecified atom stereocenters. The summed E-state index contributed by atoms with van der Waals surface area (Å²) in [6.07, 6.45) is 1.89. The Morgan fingerprint density at radius 1 is 0.957 bits per heavy atom. The van der Waals surface area contributed by atoms with Crippen molar-refractivity contribution in [3.05, 3.63) is 68.7 Å². The van der Waals surface area contributed by atoms with Gasteiger partial charge in [0.2, 0.25) is 0 Å². The van der Waals surface area contributed by atoms with Gasteiger partial charge in [-0.2, -0.15) is 0 Å². The first-order valence-corrected chi connectivity index (χ1v) is 7.98. The number of aryl methyl sites for hydroxylation is 1. The van der Waals surface area contributed by atoms with Crippen LogP contribution in [0.4, 0.5) is 0 Å². The van der Waals surface area contributed by atoms with E-state index in [-0.39, 0.29) is 11.1 Å². The van der Waals surface area contributed by atoms with Gasteiger partial charge in [-0.25, -0.2) is 0 Å². The maximum atomic E-state index is 12.5. The van der Waals surface area contributed by atoms with Crippen LogP contribution in [0.3, 0.4) is 0 Å². The van der Waals surface area contributed by atoms with Crippen LogP contribution in [-0.2, 0) is 7.05 Å². The van der Waals surface area contributed by atoms with E-state index >= 15 is 0 Å². The number of rotatable bonds is 2. The van der Waals surface area contributed by atoms with Crippen LogP contribution in [0.5, 0.6) is 0 Å². The highest BCUT2D eigenvalue weighted by Gasteiger charge is 2.20. The van der Waals surface area contributed by atoms with E-state index < -0.39 is 0 Å². The van der Waals surface area contributed by atoms with E-state index in [0.717, 1.165) is 21.3 Å². The largest absolute Gasteiger partial charge is 0.350 e. The monoisotopic (exact) mass is 323 g/mol. The first kappa shape index (κ1) is 13.8. The third-order valence-corrected chi connectivity index (χ3v) is 4.81. The Kier molecular flexibility index (Phi) is 3.06. The summed E-state index contributed by atoms with van der Waals surface area (Å²) in [5, 5.41) is 7.71.